The lowest BCUT2D eigenvalue weighted by Crippen LogP contribution is -2.48. The molecule has 1 aliphatic heterocycles. The normalized spacial score (nSPS) is 22.1. The van der Waals surface area contributed by atoms with Gasteiger partial charge in [0.2, 0.25) is 0 Å². The van der Waals surface area contributed by atoms with Gasteiger partial charge in [0, 0.05) is 12.6 Å². The number of carbonyl (C=O) groups is 1. The van der Waals surface area contributed by atoms with Crippen LogP contribution in [0.15, 0.2) is 11.0 Å². The zero-order valence-corrected chi connectivity index (χ0v) is 24.6. The Balaban J connectivity index is 2.39. The van der Waals surface area contributed by atoms with Crippen molar-refractivity contribution < 1.29 is 23.1 Å². The van der Waals surface area contributed by atoms with Crippen LogP contribution in [0.4, 0.5) is 5.82 Å². The third kappa shape index (κ3) is 6.17. The van der Waals surface area contributed by atoms with Gasteiger partial charge in [-0.05, 0) is 36.3 Å². The van der Waals surface area contributed by atoms with Gasteiger partial charge in [0.1, 0.15) is 23.7 Å². The fourth-order valence-corrected chi connectivity index (χ4v) is 5.53. The molecule has 34 heavy (non-hydrogen) atoms. The summed E-state index contributed by atoms with van der Waals surface area (Å²) in [7, 11) is -2.91. The summed E-state index contributed by atoms with van der Waals surface area (Å²) in [5.41, 5.74) is 5.22. The van der Waals surface area contributed by atoms with Crippen molar-refractivity contribution in [2.75, 3.05) is 19.5 Å². The number of anilines is 1. The number of nitrogens with two attached hydrogens (primary N) is 1. The maximum absolute atomic E-state index is 12.7. The summed E-state index contributed by atoms with van der Waals surface area (Å²) < 4.78 is 25.6. The number of nitrogen functional groups attached to an aromatic ring is 1. The van der Waals surface area contributed by atoms with Gasteiger partial charge < -0.3 is 24.1 Å². The van der Waals surface area contributed by atoms with Gasteiger partial charge >= 0.3 is 11.7 Å². The van der Waals surface area contributed by atoms with Crippen molar-refractivity contribution in [1.82, 2.24) is 9.55 Å². The Hall–Kier alpha value is -1.54. The van der Waals surface area contributed by atoms with E-state index in [2.05, 4.69) is 72.7 Å². The molecule has 1 aromatic heterocycles. The number of rotatable bonds is 7. The molecule has 0 aromatic carbocycles. The summed E-state index contributed by atoms with van der Waals surface area (Å²) in [6.45, 7) is 22.3. The minimum absolute atomic E-state index is 0.00751. The predicted octanol–water partition coefficient (Wildman–Crippen LogP) is 4.31. The molecule has 9 nitrogen and oxygen atoms in total. The third-order valence-corrected chi connectivity index (χ3v) is 16.5. The van der Waals surface area contributed by atoms with E-state index in [0.29, 0.717) is 13.0 Å². The number of ether oxygens (including phenoxy) is 2. The van der Waals surface area contributed by atoms with Crippen LogP contribution in [0, 0.1) is 0 Å². The second-order valence-electron chi connectivity index (χ2n) is 12.1. The number of methoxy groups -OCH3 is 1. The summed E-state index contributed by atoms with van der Waals surface area (Å²) in [4.78, 5) is 28.6. The Kier molecular flexibility index (Phi) is 8.31. The maximum atomic E-state index is 12.7. The first-order valence-electron chi connectivity index (χ1n) is 11.7. The summed E-state index contributed by atoms with van der Waals surface area (Å²) >= 11 is 0. The Labute approximate surface area is 205 Å². The minimum Gasteiger partial charge on any atom is -0.465 e. The van der Waals surface area contributed by atoms with Crippen molar-refractivity contribution in [3.8, 4) is 0 Å². The maximum Gasteiger partial charge on any atom is 0.351 e. The molecule has 3 atom stereocenters. The SMILES string of the molecule is COC(=O)c1cn(C2CC(O[Si](C)(C)C(C)(C)C)C(CO[Si](C)(C)C(C)(C)C)O2)c(=O)nc1N. The summed E-state index contributed by atoms with van der Waals surface area (Å²) in [6, 6.07) is 0. The third-order valence-electron chi connectivity index (χ3n) is 7.54. The number of hydrogen-bond donors (Lipinski definition) is 1. The fraction of sp³-hybridized carbons (Fsp3) is 0.783. The van der Waals surface area contributed by atoms with E-state index in [9.17, 15) is 9.59 Å². The lowest BCUT2D eigenvalue weighted by molar-refractivity contribution is -0.0412. The predicted molar refractivity (Wildman–Crippen MR) is 138 cm³/mol. The summed E-state index contributed by atoms with van der Waals surface area (Å²) in [5, 5.41) is 0.0571. The average Bonchev–Trinajstić information content (AvgIpc) is 3.06. The summed E-state index contributed by atoms with van der Waals surface area (Å²) in [6.07, 6.45) is 0.513. The first-order valence-corrected chi connectivity index (χ1v) is 17.6. The van der Waals surface area contributed by atoms with Crippen LogP contribution < -0.4 is 11.4 Å². The molecule has 1 aliphatic rings. The highest BCUT2D eigenvalue weighted by molar-refractivity contribution is 6.74. The van der Waals surface area contributed by atoms with Gasteiger partial charge in [0.25, 0.3) is 0 Å². The van der Waals surface area contributed by atoms with E-state index < -0.39 is 34.5 Å². The first kappa shape index (κ1) is 28.7. The van der Waals surface area contributed by atoms with Gasteiger partial charge in [-0.2, -0.15) is 4.98 Å². The van der Waals surface area contributed by atoms with E-state index in [0.717, 1.165) is 0 Å². The molecule has 0 aliphatic carbocycles. The van der Waals surface area contributed by atoms with Crippen molar-refractivity contribution in [2.45, 2.75) is 103 Å². The Morgan fingerprint density at radius 2 is 1.71 bits per heavy atom. The molecule has 1 saturated heterocycles. The molecule has 1 aromatic rings. The monoisotopic (exact) mass is 513 g/mol. The fourth-order valence-electron chi connectivity index (χ4n) is 3.16. The van der Waals surface area contributed by atoms with E-state index in [1.807, 2.05) is 0 Å². The van der Waals surface area contributed by atoms with Crippen LogP contribution in [0.25, 0.3) is 0 Å². The van der Waals surface area contributed by atoms with Gasteiger partial charge in [-0.15, -0.1) is 0 Å². The lowest BCUT2D eigenvalue weighted by Gasteiger charge is -2.40. The van der Waals surface area contributed by atoms with Gasteiger partial charge in [-0.1, -0.05) is 41.5 Å². The molecule has 194 valence electrons. The van der Waals surface area contributed by atoms with Crippen LogP contribution in [0.3, 0.4) is 0 Å². The standard InChI is InChI=1S/C23H43N3O6Si2/c1-22(2,3)33(8,9)30-14-17-16(32-34(10,11)23(4,5)6)12-18(31-17)26-13-15(20(27)29-7)19(24)25-21(26)28/h13,16-18H,12,14H2,1-11H3,(H2,24,25,28). The molecule has 2 heterocycles. The largest absolute Gasteiger partial charge is 0.465 e. The molecule has 0 saturated carbocycles. The zero-order chi connectivity index (χ0) is 26.3. The quantitative estimate of drug-likeness (QED) is 0.424. The molecule has 0 amide bonds. The second-order valence-corrected chi connectivity index (χ2v) is 21.6. The van der Waals surface area contributed by atoms with Crippen LogP contribution in [0.2, 0.25) is 36.3 Å². The Morgan fingerprint density at radius 3 is 2.21 bits per heavy atom. The van der Waals surface area contributed by atoms with E-state index in [4.69, 9.17) is 24.1 Å². The highest BCUT2D eigenvalue weighted by atomic mass is 28.4. The molecule has 3 unspecified atom stereocenters. The van der Waals surface area contributed by atoms with E-state index in [1.54, 1.807) is 0 Å². The molecular weight excluding hydrogens is 470 g/mol. The van der Waals surface area contributed by atoms with E-state index >= 15 is 0 Å². The zero-order valence-electron chi connectivity index (χ0n) is 22.6. The molecular formula is C23H43N3O6Si2. The number of nitrogens with zero attached hydrogens (tertiary/aromatic N) is 2. The number of carbonyl (C=O) groups excluding carboxylic acids is 1. The van der Waals surface area contributed by atoms with Crippen LogP contribution in [-0.4, -0.2) is 58.1 Å². The van der Waals surface area contributed by atoms with Crippen LogP contribution in [-0.2, 0) is 18.3 Å². The molecule has 11 heteroatoms. The topological polar surface area (TPSA) is 115 Å². The Morgan fingerprint density at radius 1 is 1.15 bits per heavy atom. The molecule has 2 N–H and O–H groups in total. The van der Waals surface area contributed by atoms with Crippen molar-refractivity contribution in [3.05, 3.63) is 22.2 Å². The van der Waals surface area contributed by atoms with E-state index in [1.165, 1.54) is 17.9 Å². The minimum atomic E-state index is -2.13. The molecule has 0 radical (unpaired) electrons. The van der Waals surface area contributed by atoms with Crippen molar-refractivity contribution in [1.29, 1.82) is 0 Å². The first-order chi connectivity index (χ1) is 15.3. The smallest absolute Gasteiger partial charge is 0.351 e. The molecule has 2 rings (SSSR count). The number of esters is 1. The van der Waals surface area contributed by atoms with Gasteiger partial charge in [0.15, 0.2) is 16.6 Å². The Bertz CT molecular complexity index is 949. The number of aromatic nitrogens is 2. The van der Waals surface area contributed by atoms with Crippen molar-refractivity contribution >= 4 is 28.4 Å². The molecule has 0 bridgehead atoms. The molecule has 1 fully saturated rings. The van der Waals surface area contributed by atoms with Crippen LogP contribution in [0.5, 0.6) is 0 Å². The highest BCUT2D eigenvalue weighted by Gasteiger charge is 2.47. The molecule has 0 spiro atoms. The second kappa shape index (κ2) is 9.84. The summed E-state index contributed by atoms with van der Waals surface area (Å²) in [5.74, 6) is -0.832. The van der Waals surface area contributed by atoms with Crippen LogP contribution in [0.1, 0.15) is 64.5 Å². The van der Waals surface area contributed by atoms with Crippen LogP contribution >= 0.6 is 0 Å². The van der Waals surface area contributed by atoms with E-state index in [-0.39, 0.29) is 33.7 Å². The highest BCUT2D eigenvalue weighted by Crippen LogP contribution is 2.42. The van der Waals surface area contributed by atoms with Gasteiger partial charge in [-0.25, -0.2) is 9.59 Å². The van der Waals surface area contributed by atoms with Gasteiger partial charge in [-0.3, -0.25) is 4.57 Å². The van der Waals surface area contributed by atoms with Crippen molar-refractivity contribution in [3.63, 3.8) is 0 Å². The van der Waals surface area contributed by atoms with Crippen molar-refractivity contribution in [2.24, 2.45) is 0 Å². The van der Waals surface area contributed by atoms with Gasteiger partial charge in [0.05, 0.1) is 19.8 Å². The number of hydrogen-bond acceptors (Lipinski definition) is 8. The lowest BCUT2D eigenvalue weighted by atomic mass is 10.2. The average molecular weight is 514 g/mol.